The Morgan fingerprint density at radius 2 is 1.95 bits per heavy atom. The molecule has 1 atom stereocenters. The highest BCUT2D eigenvalue weighted by molar-refractivity contribution is 8.00. The van der Waals surface area contributed by atoms with Gasteiger partial charge in [0.1, 0.15) is 0 Å². The van der Waals surface area contributed by atoms with Gasteiger partial charge in [0.25, 0.3) is 0 Å². The standard InChI is InChI=1S/C13H28N2O2S2/c1-4-9-14-10-12(2)19(16,17)15-11-13(18-3)7-5-6-8-13/h12,14-15H,4-11H2,1-3H3. The van der Waals surface area contributed by atoms with E-state index in [4.69, 9.17) is 0 Å². The molecule has 1 fully saturated rings. The molecular formula is C13H28N2O2S2. The quantitative estimate of drug-likeness (QED) is 0.639. The lowest BCUT2D eigenvalue weighted by Gasteiger charge is -2.27. The third-order valence-electron chi connectivity index (χ3n) is 3.93. The maximum Gasteiger partial charge on any atom is 0.215 e. The van der Waals surface area contributed by atoms with Crippen LogP contribution in [0.5, 0.6) is 0 Å². The summed E-state index contributed by atoms with van der Waals surface area (Å²) in [7, 11) is -3.20. The highest BCUT2D eigenvalue weighted by Crippen LogP contribution is 2.39. The molecule has 0 aliphatic heterocycles. The van der Waals surface area contributed by atoms with E-state index in [2.05, 4.69) is 23.2 Å². The van der Waals surface area contributed by atoms with Crippen LogP contribution in [0.3, 0.4) is 0 Å². The summed E-state index contributed by atoms with van der Waals surface area (Å²) in [5, 5.41) is 2.79. The third-order valence-corrected chi connectivity index (χ3v) is 7.12. The molecule has 1 saturated carbocycles. The lowest BCUT2D eigenvalue weighted by molar-refractivity contribution is 0.535. The van der Waals surface area contributed by atoms with Crippen molar-refractivity contribution in [2.45, 2.75) is 55.9 Å². The maximum absolute atomic E-state index is 12.2. The molecule has 1 rings (SSSR count). The van der Waals surface area contributed by atoms with Crippen LogP contribution in [0.15, 0.2) is 0 Å². The molecule has 0 bridgehead atoms. The van der Waals surface area contributed by atoms with Crippen molar-refractivity contribution in [3.63, 3.8) is 0 Å². The van der Waals surface area contributed by atoms with E-state index in [9.17, 15) is 8.42 Å². The summed E-state index contributed by atoms with van der Waals surface area (Å²) in [5.41, 5.74) is 0. The molecule has 4 nitrogen and oxygen atoms in total. The van der Waals surface area contributed by atoms with Crippen molar-refractivity contribution < 1.29 is 8.42 Å². The maximum atomic E-state index is 12.2. The second kappa shape index (κ2) is 7.86. The molecule has 0 saturated heterocycles. The summed E-state index contributed by atoms with van der Waals surface area (Å²) >= 11 is 1.81. The van der Waals surface area contributed by atoms with Gasteiger partial charge in [-0.25, -0.2) is 13.1 Å². The molecule has 114 valence electrons. The smallest absolute Gasteiger partial charge is 0.215 e. The SMILES string of the molecule is CCCNCC(C)S(=O)(=O)NCC1(SC)CCCC1. The van der Waals surface area contributed by atoms with E-state index in [0.29, 0.717) is 13.1 Å². The predicted octanol–water partition coefficient (Wildman–Crippen LogP) is 1.97. The Morgan fingerprint density at radius 3 is 2.47 bits per heavy atom. The lowest BCUT2D eigenvalue weighted by Crippen LogP contribution is -2.44. The molecule has 0 aromatic carbocycles. The van der Waals surface area contributed by atoms with Crippen LogP contribution in [0.4, 0.5) is 0 Å². The Morgan fingerprint density at radius 1 is 1.32 bits per heavy atom. The highest BCUT2D eigenvalue weighted by Gasteiger charge is 2.34. The fourth-order valence-electron chi connectivity index (χ4n) is 2.44. The second-order valence-electron chi connectivity index (χ2n) is 5.48. The van der Waals surface area contributed by atoms with Gasteiger partial charge >= 0.3 is 0 Å². The van der Waals surface area contributed by atoms with Crippen LogP contribution in [-0.4, -0.2) is 44.3 Å². The van der Waals surface area contributed by atoms with Crippen molar-refractivity contribution in [2.24, 2.45) is 0 Å². The molecule has 0 radical (unpaired) electrons. The Bertz CT molecular complexity index is 352. The van der Waals surface area contributed by atoms with Gasteiger partial charge in [0.15, 0.2) is 0 Å². The van der Waals surface area contributed by atoms with Crippen molar-refractivity contribution in [2.75, 3.05) is 25.9 Å². The van der Waals surface area contributed by atoms with E-state index in [-0.39, 0.29) is 10.00 Å². The normalized spacial score (nSPS) is 20.6. The first kappa shape index (κ1) is 17.3. The fraction of sp³-hybridized carbons (Fsp3) is 1.00. The van der Waals surface area contributed by atoms with E-state index in [1.807, 2.05) is 11.8 Å². The zero-order chi connectivity index (χ0) is 14.4. The zero-order valence-corrected chi connectivity index (χ0v) is 14.0. The Hall–Kier alpha value is 0.220. The molecule has 0 amide bonds. The van der Waals surface area contributed by atoms with Gasteiger partial charge in [0.2, 0.25) is 10.0 Å². The molecule has 1 aliphatic rings. The molecular weight excluding hydrogens is 280 g/mol. The van der Waals surface area contributed by atoms with Crippen molar-refractivity contribution in [3.8, 4) is 0 Å². The van der Waals surface area contributed by atoms with Crippen molar-refractivity contribution >= 4 is 21.8 Å². The average molecular weight is 309 g/mol. The second-order valence-corrected chi connectivity index (χ2v) is 8.93. The number of hydrogen-bond acceptors (Lipinski definition) is 4. The van der Waals surface area contributed by atoms with E-state index in [0.717, 1.165) is 25.8 Å². The largest absolute Gasteiger partial charge is 0.315 e. The molecule has 0 aromatic heterocycles. The summed E-state index contributed by atoms with van der Waals surface area (Å²) in [6.45, 7) is 5.82. The lowest BCUT2D eigenvalue weighted by atomic mass is 10.1. The topological polar surface area (TPSA) is 58.2 Å². The van der Waals surface area contributed by atoms with Gasteiger partial charge in [0.05, 0.1) is 5.25 Å². The number of thioether (sulfide) groups is 1. The third kappa shape index (κ3) is 5.25. The summed E-state index contributed by atoms with van der Waals surface area (Å²) < 4.78 is 27.3. The van der Waals surface area contributed by atoms with E-state index >= 15 is 0 Å². The van der Waals surface area contributed by atoms with Crippen molar-refractivity contribution in [3.05, 3.63) is 0 Å². The minimum absolute atomic E-state index is 0.129. The Balaban J connectivity index is 2.45. The zero-order valence-electron chi connectivity index (χ0n) is 12.4. The molecule has 1 unspecified atom stereocenters. The van der Waals surface area contributed by atoms with Crippen LogP contribution in [0.25, 0.3) is 0 Å². The van der Waals surface area contributed by atoms with E-state index in [1.165, 1.54) is 12.8 Å². The van der Waals surface area contributed by atoms with E-state index < -0.39 is 10.0 Å². The van der Waals surface area contributed by atoms with Gasteiger partial charge in [-0.05, 0) is 39.0 Å². The van der Waals surface area contributed by atoms with Gasteiger partial charge in [0, 0.05) is 17.8 Å². The van der Waals surface area contributed by atoms with Crippen LogP contribution in [0.2, 0.25) is 0 Å². The Kier molecular flexibility index (Phi) is 7.14. The van der Waals surface area contributed by atoms with Gasteiger partial charge in [-0.3, -0.25) is 0 Å². The van der Waals surface area contributed by atoms with Crippen LogP contribution in [0, 0.1) is 0 Å². The summed E-state index contributed by atoms with van der Waals surface area (Å²) in [6, 6.07) is 0. The number of hydrogen-bond donors (Lipinski definition) is 2. The predicted molar refractivity (Wildman–Crippen MR) is 84.3 cm³/mol. The average Bonchev–Trinajstić information content (AvgIpc) is 2.86. The minimum atomic E-state index is -3.20. The van der Waals surface area contributed by atoms with Crippen molar-refractivity contribution in [1.29, 1.82) is 0 Å². The summed E-state index contributed by atoms with van der Waals surface area (Å²) in [6.07, 6.45) is 7.80. The van der Waals surface area contributed by atoms with Gasteiger partial charge in [-0.2, -0.15) is 11.8 Å². The molecule has 19 heavy (non-hydrogen) atoms. The first-order chi connectivity index (χ1) is 8.96. The molecule has 1 aliphatic carbocycles. The summed E-state index contributed by atoms with van der Waals surface area (Å²) in [4.78, 5) is 0. The Labute approximate surface area is 122 Å². The van der Waals surface area contributed by atoms with Crippen LogP contribution < -0.4 is 10.0 Å². The monoisotopic (exact) mass is 308 g/mol. The van der Waals surface area contributed by atoms with Gasteiger partial charge in [-0.15, -0.1) is 0 Å². The van der Waals surface area contributed by atoms with E-state index in [1.54, 1.807) is 6.92 Å². The minimum Gasteiger partial charge on any atom is -0.315 e. The van der Waals surface area contributed by atoms with Crippen LogP contribution >= 0.6 is 11.8 Å². The number of rotatable bonds is 9. The molecule has 0 aromatic rings. The summed E-state index contributed by atoms with van der Waals surface area (Å²) in [5.74, 6) is 0. The van der Waals surface area contributed by atoms with Gasteiger partial charge < -0.3 is 5.32 Å². The first-order valence-corrected chi connectivity index (χ1v) is 9.97. The molecule has 0 heterocycles. The van der Waals surface area contributed by atoms with Crippen molar-refractivity contribution in [1.82, 2.24) is 10.0 Å². The first-order valence-electron chi connectivity index (χ1n) is 7.20. The molecule has 6 heteroatoms. The molecule has 2 N–H and O–H groups in total. The highest BCUT2D eigenvalue weighted by atomic mass is 32.2. The number of nitrogens with one attached hydrogen (secondary N) is 2. The fourth-order valence-corrected chi connectivity index (χ4v) is 4.54. The molecule has 0 spiro atoms. The van der Waals surface area contributed by atoms with Crippen LogP contribution in [0.1, 0.15) is 46.0 Å². The van der Waals surface area contributed by atoms with Crippen LogP contribution in [-0.2, 0) is 10.0 Å². The van der Waals surface area contributed by atoms with Gasteiger partial charge in [-0.1, -0.05) is 19.8 Å². The number of sulfonamides is 1.